The summed E-state index contributed by atoms with van der Waals surface area (Å²) in [6.45, 7) is 3.40. The molecule has 1 heterocycles. The summed E-state index contributed by atoms with van der Waals surface area (Å²) in [5, 5.41) is 3.34. The van der Waals surface area contributed by atoms with E-state index in [1.54, 1.807) is 7.11 Å². The van der Waals surface area contributed by atoms with Crippen LogP contribution in [0.2, 0.25) is 0 Å². The molecule has 0 saturated heterocycles. The van der Waals surface area contributed by atoms with Gasteiger partial charge in [0.2, 0.25) is 0 Å². The van der Waals surface area contributed by atoms with E-state index in [1.165, 1.54) is 11.1 Å². The van der Waals surface area contributed by atoms with E-state index in [9.17, 15) is 0 Å². The first-order valence-electron chi connectivity index (χ1n) is 6.37. The van der Waals surface area contributed by atoms with Gasteiger partial charge in [-0.3, -0.25) is 0 Å². The van der Waals surface area contributed by atoms with E-state index in [4.69, 9.17) is 4.74 Å². The first kappa shape index (κ1) is 14.3. The number of methoxy groups -OCH3 is 1. The van der Waals surface area contributed by atoms with Crippen LogP contribution in [0.15, 0.2) is 47.2 Å². The summed E-state index contributed by atoms with van der Waals surface area (Å²) in [7, 11) is 1.72. The number of nitrogens with one attached hydrogen (secondary N) is 1. The number of hydrogen-bond acceptors (Lipinski definition) is 2. The van der Waals surface area contributed by atoms with E-state index in [-0.39, 0.29) is 0 Å². The molecule has 0 fully saturated rings. The molecule has 0 unspecified atom stereocenters. The molecule has 2 aromatic rings. The second kappa shape index (κ2) is 7.48. The molecule has 1 N–H and O–H groups in total. The summed E-state index contributed by atoms with van der Waals surface area (Å²) in [5.41, 5.74) is 2.58. The van der Waals surface area contributed by atoms with Gasteiger partial charge in [-0.2, -0.15) is 0 Å². The van der Waals surface area contributed by atoms with Crippen LogP contribution >= 0.6 is 15.9 Å². The molecule has 102 valence electrons. The van der Waals surface area contributed by atoms with Crippen molar-refractivity contribution in [1.82, 2.24) is 9.88 Å². The van der Waals surface area contributed by atoms with E-state index in [0.29, 0.717) is 0 Å². The van der Waals surface area contributed by atoms with Gasteiger partial charge in [-0.05, 0) is 23.3 Å². The Kier molecular flexibility index (Phi) is 5.63. The fourth-order valence-corrected chi connectivity index (χ4v) is 2.33. The maximum atomic E-state index is 5.00. The molecule has 2 rings (SSSR count). The third-order valence-corrected chi connectivity index (χ3v) is 3.71. The minimum absolute atomic E-state index is 0.748. The normalized spacial score (nSPS) is 10.8. The first-order valence-corrected chi connectivity index (χ1v) is 7.16. The van der Waals surface area contributed by atoms with E-state index >= 15 is 0 Å². The highest BCUT2D eigenvalue weighted by molar-refractivity contribution is 9.10. The van der Waals surface area contributed by atoms with Crippen LogP contribution in [0, 0.1) is 0 Å². The summed E-state index contributed by atoms with van der Waals surface area (Å²) in [6, 6.07) is 10.5. The van der Waals surface area contributed by atoms with Crippen molar-refractivity contribution in [2.45, 2.75) is 13.1 Å². The molecule has 0 aliphatic heterocycles. The lowest BCUT2D eigenvalue weighted by Gasteiger charge is -2.05. The van der Waals surface area contributed by atoms with E-state index in [1.807, 2.05) is 6.07 Å². The summed E-state index contributed by atoms with van der Waals surface area (Å²) < 4.78 is 8.36. The van der Waals surface area contributed by atoms with Gasteiger partial charge in [0.25, 0.3) is 0 Å². The number of aromatic nitrogens is 1. The highest BCUT2D eigenvalue weighted by Crippen LogP contribution is 2.17. The van der Waals surface area contributed by atoms with Gasteiger partial charge >= 0.3 is 0 Å². The summed E-state index contributed by atoms with van der Waals surface area (Å²) >= 11 is 3.58. The Balaban J connectivity index is 1.89. The molecule has 0 aliphatic carbocycles. The van der Waals surface area contributed by atoms with Gasteiger partial charge in [0.05, 0.1) is 6.61 Å². The second-order valence-corrected chi connectivity index (χ2v) is 5.31. The standard InChI is InChI=1S/C15H19BrN2O/c1-19-9-7-17-10-13-6-8-18(11-13)12-14-4-2-3-5-15(14)16/h2-6,8,11,17H,7,9-10,12H2,1H3. The number of ether oxygens (including phenoxy) is 1. The highest BCUT2D eigenvalue weighted by Gasteiger charge is 2.01. The SMILES string of the molecule is COCCNCc1ccn(Cc2ccccc2Br)c1. The molecule has 3 nitrogen and oxygen atoms in total. The highest BCUT2D eigenvalue weighted by atomic mass is 79.9. The lowest BCUT2D eigenvalue weighted by molar-refractivity contribution is 0.199. The zero-order valence-electron chi connectivity index (χ0n) is 11.1. The van der Waals surface area contributed by atoms with E-state index in [0.717, 1.165) is 30.7 Å². The van der Waals surface area contributed by atoms with Crippen molar-refractivity contribution < 1.29 is 4.74 Å². The molecular formula is C15H19BrN2O. The third kappa shape index (κ3) is 4.49. The molecule has 19 heavy (non-hydrogen) atoms. The molecule has 0 amide bonds. The van der Waals surface area contributed by atoms with Crippen LogP contribution < -0.4 is 5.32 Å². The largest absolute Gasteiger partial charge is 0.383 e. The Hall–Kier alpha value is -1.10. The van der Waals surface area contributed by atoms with Gasteiger partial charge in [-0.15, -0.1) is 0 Å². The molecule has 0 bridgehead atoms. The van der Waals surface area contributed by atoms with Crippen LogP contribution in [0.1, 0.15) is 11.1 Å². The van der Waals surface area contributed by atoms with Crippen molar-refractivity contribution in [2.75, 3.05) is 20.3 Å². The minimum atomic E-state index is 0.748. The second-order valence-electron chi connectivity index (χ2n) is 4.45. The smallest absolute Gasteiger partial charge is 0.0587 e. The van der Waals surface area contributed by atoms with Crippen molar-refractivity contribution in [3.63, 3.8) is 0 Å². The van der Waals surface area contributed by atoms with E-state index < -0.39 is 0 Å². The van der Waals surface area contributed by atoms with Crippen LogP contribution in [0.4, 0.5) is 0 Å². The predicted molar refractivity (Wildman–Crippen MR) is 81.3 cm³/mol. The molecule has 0 aliphatic rings. The Labute approximate surface area is 122 Å². The molecule has 0 saturated carbocycles. The van der Waals surface area contributed by atoms with Gasteiger partial charge in [-0.1, -0.05) is 34.1 Å². The number of benzene rings is 1. The zero-order chi connectivity index (χ0) is 13.5. The van der Waals surface area contributed by atoms with Gasteiger partial charge < -0.3 is 14.6 Å². The molecule has 0 radical (unpaired) electrons. The fraction of sp³-hybridized carbons (Fsp3) is 0.333. The summed E-state index contributed by atoms with van der Waals surface area (Å²) in [5.74, 6) is 0. The van der Waals surface area contributed by atoms with Gasteiger partial charge in [0.1, 0.15) is 0 Å². The van der Waals surface area contributed by atoms with Crippen molar-refractivity contribution in [3.8, 4) is 0 Å². The molecule has 1 aromatic heterocycles. The van der Waals surface area contributed by atoms with Gasteiger partial charge in [-0.25, -0.2) is 0 Å². The van der Waals surface area contributed by atoms with Gasteiger partial charge in [0.15, 0.2) is 0 Å². The lowest BCUT2D eigenvalue weighted by Crippen LogP contribution is -2.18. The summed E-state index contributed by atoms with van der Waals surface area (Å²) in [4.78, 5) is 0. The van der Waals surface area contributed by atoms with Crippen LogP contribution in [0.25, 0.3) is 0 Å². The van der Waals surface area contributed by atoms with Crippen molar-refractivity contribution >= 4 is 15.9 Å². The Morgan fingerprint density at radius 3 is 2.89 bits per heavy atom. The predicted octanol–water partition coefficient (Wildman–Crippen LogP) is 3.03. The average molecular weight is 323 g/mol. The Bertz CT molecular complexity index is 510. The quantitative estimate of drug-likeness (QED) is 0.793. The minimum Gasteiger partial charge on any atom is -0.383 e. The molecule has 1 aromatic carbocycles. The number of nitrogens with zero attached hydrogens (tertiary/aromatic N) is 1. The van der Waals surface area contributed by atoms with Crippen LogP contribution in [0.3, 0.4) is 0 Å². The monoisotopic (exact) mass is 322 g/mol. The average Bonchev–Trinajstić information content (AvgIpc) is 2.85. The lowest BCUT2D eigenvalue weighted by atomic mass is 10.2. The fourth-order valence-electron chi connectivity index (χ4n) is 1.92. The Morgan fingerprint density at radius 2 is 2.11 bits per heavy atom. The molecule has 0 atom stereocenters. The number of rotatable bonds is 7. The number of halogens is 1. The molecular weight excluding hydrogens is 304 g/mol. The van der Waals surface area contributed by atoms with Crippen molar-refractivity contribution in [1.29, 1.82) is 0 Å². The Morgan fingerprint density at radius 1 is 1.26 bits per heavy atom. The van der Waals surface area contributed by atoms with Crippen molar-refractivity contribution in [2.24, 2.45) is 0 Å². The van der Waals surface area contributed by atoms with Crippen LogP contribution in [0.5, 0.6) is 0 Å². The first-order chi connectivity index (χ1) is 9.29. The van der Waals surface area contributed by atoms with Crippen LogP contribution in [-0.2, 0) is 17.8 Å². The van der Waals surface area contributed by atoms with Crippen LogP contribution in [-0.4, -0.2) is 24.8 Å². The molecule has 0 spiro atoms. The maximum Gasteiger partial charge on any atom is 0.0587 e. The molecule has 4 heteroatoms. The summed E-state index contributed by atoms with van der Waals surface area (Å²) in [6.07, 6.45) is 4.30. The van der Waals surface area contributed by atoms with Crippen molar-refractivity contribution in [3.05, 3.63) is 58.3 Å². The van der Waals surface area contributed by atoms with E-state index in [2.05, 4.69) is 62.5 Å². The topological polar surface area (TPSA) is 26.2 Å². The van der Waals surface area contributed by atoms with Gasteiger partial charge in [0, 0.05) is 43.6 Å². The zero-order valence-corrected chi connectivity index (χ0v) is 12.7. The third-order valence-electron chi connectivity index (χ3n) is 2.93. The maximum absolute atomic E-state index is 5.00. The number of hydrogen-bond donors (Lipinski definition) is 1.